The quantitative estimate of drug-likeness (QED) is 0.663. The van der Waals surface area contributed by atoms with Gasteiger partial charge in [-0.25, -0.2) is 23.1 Å². The Morgan fingerprint density at radius 2 is 1.78 bits per heavy atom. The van der Waals surface area contributed by atoms with Gasteiger partial charge < -0.3 is 10.6 Å². The number of hydrogen-bond acceptors (Lipinski definition) is 4. The maximum atomic E-state index is 13.6. The van der Waals surface area contributed by atoms with Crippen LogP contribution >= 0.6 is 0 Å². The van der Waals surface area contributed by atoms with Gasteiger partial charge in [-0.1, -0.05) is 24.3 Å². The number of halogens is 3. The lowest BCUT2D eigenvalue weighted by Gasteiger charge is -2.09. The molecule has 3 rings (SSSR count). The first-order valence-electron chi connectivity index (χ1n) is 8.01. The zero-order valence-electron chi connectivity index (χ0n) is 14.3. The molecule has 0 aliphatic carbocycles. The second kappa shape index (κ2) is 7.86. The molecular formula is C19H15F3N4O. The SMILES string of the molecule is Cc1ccccc1CNc1cnc(C(=O)Nc2ccc(F)c(F)c2F)cn1. The van der Waals surface area contributed by atoms with E-state index in [1.165, 1.54) is 12.4 Å². The van der Waals surface area contributed by atoms with E-state index < -0.39 is 29.0 Å². The molecule has 1 amide bonds. The fourth-order valence-electron chi connectivity index (χ4n) is 2.34. The summed E-state index contributed by atoms with van der Waals surface area (Å²) in [6, 6.07) is 9.50. The first-order chi connectivity index (χ1) is 13.0. The summed E-state index contributed by atoms with van der Waals surface area (Å²) >= 11 is 0. The van der Waals surface area contributed by atoms with Gasteiger partial charge in [0.2, 0.25) is 0 Å². The van der Waals surface area contributed by atoms with Gasteiger partial charge in [-0.15, -0.1) is 0 Å². The third-order valence-corrected chi connectivity index (χ3v) is 3.89. The van der Waals surface area contributed by atoms with Gasteiger partial charge >= 0.3 is 0 Å². The summed E-state index contributed by atoms with van der Waals surface area (Å²) in [5.41, 5.74) is 1.64. The maximum Gasteiger partial charge on any atom is 0.275 e. The van der Waals surface area contributed by atoms with Gasteiger partial charge in [0, 0.05) is 6.54 Å². The second-order valence-electron chi connectivity index (χ2n) is 5.74. The lowest BCUT2D eigenvalue weighted by molar-refractivity contribution is 0.102. The molecular weight excluding hydrogens is 357 g/mol. The molecule has 1 aromatic heterocycles. The lowest BCUT2D eigenvalue weighted by atomic mass is 10.1. The van der Waals surface area contributed by atoms with E-state index in [4.69, 9.17) is 0 Å². The predicted octanol–water partition coefficient (Wildman–Crippen LogP) is 4.07. The number of aromatic nitrogens is 2. The van der Waals surface area contributed by atoms with Gasteiger partial charge in [0.15, 0.2) is 17.5 Å². The molecule has 0 saturated heterocycles. The Bertz CT molecular complexity index is 977. The van der Waals surface area contributed by atoms with E-state index in [0.717, 1.165) is 23.3 Å². The minimum atomic E-state index is -1.66. The van der Waals surface area contributed by atoms with Crippen LogP contribution in [-0.2, 0) is 6.54 Å². The topological polar surface area (TPSA) is 66.9 Å². The van der Waals surface area contributed by atoms with Crippen LogP contribution in [0.4, 0.5) is 24.7 Å². The van der Waals surface area contributed by atoms with Crippen molar-refractivity contribution in [3.63, 3.8) is 0 Å². The third-order valence-electron chi connectivity index (χ3n) is 3.89. The van der Waals surface area contributed by atoms with Gasteiger partial charge in [0.1, 0.15) is 11.5 Å². The van der Waals surface area contributed by atoms with Gasteiger partial charge in [0.05, 0.1) is 18.1 Å². The molecule has 27 heavy (non-hydrogen) atoms. The fourth-order valence-corrected chi connectivity index (χ4v) is 2.34. The van der Waals surface area contributed by atoms with E-state index in [0.29, 0.717) is 12.4 Å². The maximum absolute atomic E-state index is 13.6. The van der Waals surface area contributed by atoms with Gasteiger partial charge in [0.25, 0.3) is 5.91 Å². The summed E-state index contributed by atoms with van der Waals surface area (Å²) in [6.07, 6.45) is 2.56. The van der Waals surface area contributed by atoms with Crippen LogP contribution in [0.15, 0.2) is 48.8 Å². The molecule has 0 aliphatic heterocycles. The Morgan fingerprint density at radius 3 is 2.48 bits per heavy atom. The summed E-state index contributed by atoms with van der Waals surface area (Å²) in [7, 11) is 0. The number of nitrogens with one attached hydrogen (secondary N) is 2. The standard InChI is InChI=1S/C19H15F3N4O/c1-11-4-2-3-5-12(11)8-24-16-10-23-15(9-25-16)19(27)26-14-7-6-13(20)17(21)18(14)22/h2-7,9-10H,8H2,1H3,(H,24,25)(H,26,27). The second-order valence-corrected chi connectivity index (χ2v) is 5.74. The van der Waals surface area contributed by atoms with Crippen molar-refractivity contribution in [3.05, 3.63) is 83.1 Å². The number of carbonyl (C=O) groups excluding carboxylic acids is 1. The predicted molar refractivity (Wildman–Crippen MR) is 94.8 cm³/mol. The van der Waals surface area contributed by atoms with Crippen LogP contribution in [-0.4, -0.2) is 15.9 Å². The van der Waals surface area contributed by atoms with E-state index in [-0.39, 0.29) is 5.69 Å². The number of benzene rings is 2. The van der Waals surface area contributed by atoms with Crippen molar-refractivity contribution < 1.29 is 18.0 Å². The first kappa shape index (κ1) is 18.4. The molecule has 0 aliphatic rings. The Kier molecular flexibility index (Phi) is 5.35. The van der Waals surface area contributed by atoms with Crippen LogP contribution < -0.4 is 10.6 Å². The van der Waals surface area contributed by atoms with Gasteiger partial charge in [-0.3, -0.25) is 4.79 Å². The van der Waals surface area contributed by atoms with E-state index in [1.54, 1.807) is 0 Å². The number of hydrogen-bond donors (Lipinski definition) is 2. The molecule has 8 heteroatoms. The summed E-state index contributed by atoms with van der Waals surface area (Å²) < 4.78 is 39.8. The molecule has 0 bridgehead atoms. The number of nitrogens with zero attached hydrogens (tertiary/aromatic N) is 2. The fraction of sp³-hybridized carbons (Fsp3) is 0.105. The highest BCUT2D eigenvalue weighted by molar-refractivity contribution is 6.02. The summed E-state index contributed by atoms with van der Waals surface area (Å²) in [5.74, 6) is -4.82. The molecule has 2 aromatic carbocycles. The molecule has 3 aromatic rings. The van der Waals surface area contributed by atoms with Crippen molar-refractivity contribution in [1.82, 2.24) is 9.97 Å². The zero-order chi connectivity index (χ0) is 19.4. The molecule has 2 N–H and O–H groups in total. The summed E-state index contributed by atoms with van der Waals surface area (Å²) in [4.78, 5) is 20.1. The van der Waals surface area contributed by atoms with Gasteiger partial charge in [-0.05, 0) is 30.2 Å². The molecule has 0 unspecified atom stereocenters. The van der Waals surface area contributed by atoms with E-state index in [2.05, 4.69) is 20.6 Å². The number of aryl methyl sites for hydroxylation is 1. The summed E-state index contributed by atoms with van der Waals surface area (Å²) in [5, 5.41) is 5.22. The zero-order valence-corrected chi connectivity index (χ0v) is 14.3. The smallest absolute Gasteiger partial charge is 0.275 e. The highest BCUT2D eigenvalue weighted by Crippen LogP contribution is 2.20. The molecule has 138 valence electrons. The molecule has 0 atom stereocenters. The van der Waals surface area contributed by atoms with Crippen LogP contribution in [0.2, 0.25) is 0 Å². The number of anilines is 2. The van der Waals surface area contributed by atoms with Crippen LogP contribution in [0.3, 0.4) is 0 Å². The van der Waals surface area contributed by atoms with Crippen LogP contribution in [0.25, 0.3) is 0 Å². The molecule has 1 heterocycles. The summed E-state index contributed by atoms with van der Waals surface area (Å²) in [6.45, 7) is 2.53. The number of carbonyl (C=O) groups is 1. The van der Waals surface area contributed by atoms with Crippen molar-refractivity contribution >= 4 is 17.4 Å². The average molecular weight is 372 g/mol. The molecule has 0 saturated carbocycles. The third kappa shape index (κ3) is 4.22. The van der Waals surface area contributed by atoms with Crippen molar-refractivity contribution in [2.45, 2.75) is 13.5 Å². The van der Waals surface area contributed by atoms with Crippen molar-refractivity contribution in [3.8, 4) is 0 Å². The van der Waals surface area contributed by atoms with Crippen molar-refractivity contribution in [1.29, 1.82) is 0 Å². The average Bonchev–Trinajstić information content (AvgIpc) is 2.68. The Morgan fingerprint density at radius 1 is 1.00 bits per heavy atom. The minimum absolute atomic E-state index is 0.0967. The van der Waals surface area contributed by atoms with Crippen LogP contribution in [0.1, 0.15) is 21.6 Å². The minimum Gasteiger partial charge on any atom is -0.365 e. The number of amides is 1. The number of rotatable bonds is 5. The van der Waals surface area contributed by atoms with Crippen molar-refractivity contribution in [2.24, 2.45) is 0 Å². The van der Waals surface area contributed by atoms with Gasteiger partial charge in [-0.2, -0.15) is 0 Å². The molecule has 0 spiro atoms. The van der Waals surface area contributed by atoms with E-state index in [1.807, 2.05) is 31.2 Å². The largest absolute Gasteiger partial charge is 0.365 e. The molecule has 0 fully saturated rings. The Hall–Kier alpha value is -3.42. The van der Waals surface area contributed by atoms with E-state index in [9.17, 15) is 18.0 Å². The Labute approximate surface area is 153 Å². The molecule has 5 nitrogen and oxygen atoms in total. The van der Waals surface area contributed by atoms with Crippen molar-refractivity contribution in [2.75, 3.05) is 10.6 Å². The molecule has 0 radical (unpaired) electrons. The monoisotopic (exact) mass is 372 g/mol. The van der Waals surface area contributed by atoms with Crippen LogP contribution in [0.5, 0.6) is 0 Å². The highest BCUT2D eigenvalue weighted by Gasteiger charge is 2.16. The Balaban J connectivity index is 1.65. The lowest BCUT2D eigenvalue weighted by Crippen LogP contribution is -2.16. The first-order valence-corrected chi connectivity index (χ1v) is 8.01. The highest BCUT2D eigenvalue weighted by atomic mass is 19.2. The normalized spacial score (nSPS) is 10.5. The van der Waals surface area contributed by atoms with Crippen LogP contribution in [0, 0.1) is 24.4 Å². The van der Waals surface area contributed by atoms with E-state index >= 15 is 0 Å².